The van der Waals surface area contributed by atoms with Crippen LogP contribution in [0.25, 0.3) is 0 Å². The first-order valence-electron chi connectivity index (χ1n) is 5.60. The predicted octanol–water partition coefficient (Wildman–Crippen LogP) is 2.59. The highest BCUT2D eigenvalue weighted by Crippen LogP contribution is 2.11. The molecule has 1 aromatic heterocycles. The summed E-state index contributed by atoms with van der Waals surface area (Å²) in [7, 11) is 1.96. The molecule has 0 radical (unpaired) electrons. The van der Waals surface area contributed by atoms with Gasteiger partial charge in [0.2, 0.25) is 0 Å². The second-order valence-corrected chi connectivity index (χ2v) is 3.84. The third kappa shape index (κ3) is 2.42. The molecule has 1 aromatic carbocycles. The molecule has 1 heterocycles. The molecule has 3 nitrogen and oxygen atoms in total. The number of nitrogens with zero attached hydrogens (tertiary/aromatic N) is 2. The van der Waals surface area contributed by atoms with E-state index in [0.717, 1.165) is 24.5 Å². The summed E-state index contributed by atoms with van der Waals surface area (Å²) < 4.78 is 1.89. The molecule has 0 bridgehead atoms. The van der Waals surface area contributed by atoms with Crippen LogP contribution >= 0.6 is 0 Å². The van der Waals surface area contributed by atoms with E-state index in [-0.39, 0.29) is 0 Å². The zero-order chi connectivity index (χ0) is 11.4. The zero-order valence-electron chi connectivity index (χ0n) is 9.77. The van der Waals surface area contributed by atoms with E-state index in [9.17, 15) is 0 Å². The molecule has 0 saturated heterocycles. The van der Waals surface area contributed by atoms with Crippen LogP contribution in [0.1, 0.15) is 18.2 Å². The lowest BCUT2D eigenvalue weighted by Gasteiger charge is -2.05. The molecule has 0 aliphatic heterocycles. The molecule has 3 heteroatoms. The Hall–Kier alpha value is -1.77. The average molecular weight is 215 g/mol. The lowest BCUT2D eigenvalue weighted by molar-refractivity contribution is 0.747. The summed E-state index contributed by atoms with van der Waals surface area (Å²) in [6, 6.07) is 12.5. The highest BCUT2D eigenvalue weighted by Gasteiger charge is 2.02. The number of aromatic nitrogens is 2. The molecule has 2 rings (SSSR count). The van der Waals surface area contributed by atoms with Crippen LogP contribution in [0.3, 0.4) is 0 Å². The molecule has 0 atom stereocenters. The van der Waals surface area contributed by atoms with Gasteiger partial charge in [-0.2, -0.15) is 5.10 Å². The number of hydrogen-bond donors (Lipinski definition) is 1. The minimum Gasteiger partial charge on any atom is -0.366 e. The fraction of sp³-hybridized carbons (Fsp3) is 0.308. The fourth-order valence-electron chi connectivity index (χ4n) is 1.65. The van der Waals surface area contributed by atoms with Crippen molar-refractivity contribution in [2.75, 3.05) is 5.32 Å². The Morgan fingerprint density at radius 2 is 2.00 bits per heavy atom. The molecule has 0 aliphatic carbocycles. The van der Waals surface area contributed by atoms with Crippen LogP contribution in [0.2, 0.25) is 0 Å². The minimum absolute atomic E-state index is 0.837. The summed E-state index contributed by atoms with van der Waals surface area (Å²) in [5.74, 6) is 1.07. The van der Waals surface area contributed by atoms with Crippen LogP contribution in [-0.2, 0) is 20.0 Å². The lowest BCUT2D eigenvalue weighted by atomic mass is 10.2. The van der Waals surface area contributed by atoms with Gasteiger partial charge in [-0.25, -0.2) is 0 Å². The third-order valence-corrected chi connectivity index (χ3v) is 2.61. The van der Waals surface area contributed by atoms with Crippen LogP contribution in [0.15, 0.2) is 36.4 Å². The summed E-state index contributed by atoms with van der Waals surface area (Å²) in [5.41, 5.74) is 2.40. The summed E-state index contributed by atoms with van der Waals surface area (Å²) >= 11 is 0. The molecule has 16 heavy (non-hydrogen) atoms. The van der Waals surface area contributed by atoms with Gasteiger partial charge in [-0.3, -0.25) is 4.68 Å². The van der Waals surface area contributed by atoms with Gasteiger partial charge in [0.15, 0.2) is 0 Å². The van der Waals surface area contributed by atoms with Crippen molar-refractivity contribution >= 4 is 5.82 Å². The SMILES string of the molecule is CCc1cc(NCc2ccccc2)n(C)n1. The van der Waals surface area contributed by atoms with Crippen molar-refractivity contribution in [3.05, 3.63) is 47.7 Å². The van der Waals surface area contributed by atoms with Gasteiger partial charge in [0.25, 0.3) is 0 Å². The first kappa shape index (κ1) is 10.7. The lowest BCUT2D eigenvalue weighted by Crippen LogP contribution is -2.04. The standard InChI is InChI=1S/C13H17N3/c1-3-12-9-13(16(2)15-12)14-10-11-7-5-4-6-8-11/h4-9,14H,3,10H2,1-2H3. The monoisotopic (exact) mass is 215 g/mol. The van der Waals surface area contributed by atoms with Crippen molar-refractivity contribution in [2.45, 2.75) is 19.9 Å². The molecule has 0 fully saturated rings. The quantitative estimate of drug-likeness (QED) is 0.849. The average Bonchev–Trinajstić information content (AvgIpc) is 2.69. The van der Waals surface area contributed by atoms with E-state index in [0.29, 0.717) is 0 Å². The van der Waals surface area contributed by atoms with Crippen molar-refractivity contribution in [3.8, 4) is 0 Å². The van der Waals surface area contributed by atoms with E-state index in [1.165, 1.54) is 5.56 Å². The Morgan fingerprint density at radius 3 is 2.62 bits per heavy atom. The van der Waals surface area contributed by atoms with Crippen molar-refractivity contribution < 1.29 is 0 Å². The Morgan fingerprint density at radius 1 is 1.25 bits per heavy atom. The van der Waals surface area contributed by atoms with E-state index in [2.05, 4.69) is 47.7 Å². The highest BCUT2D eigenvalue weighted by molar-refractivity contribution is 5.38. The van der Waals surface area contributed by atoms with Crippen LogP contribution in [0.5, 0.6) is 0 Å². The number of aryl methyl sites for hydroxylation is 2. The molecule has 0 unspecified atom stereocenters. The maximum Gasteiger partial charge on any atom is 0.124 e. The van der Waals surface area contributed by atoms with Crippen molar-refractivity contribution in [1.82, 2.24) is 9.78 Å². The molecule has 0 aliphatic rings. The third-order valence-electron chi connectivity index (χ3n) is 2.61. The van der Waals surface area contributed by atoms with E-state index >= 15 is 0 Å². The van der Waals surface area contributed by atoms with Crippen molar-refractivity contribution in [2.24, 2.45) is 7.05 Å². The maximum atomic E-state index is 4.40. The van der Waals surface area contributed by atoms with E-state index in [4.69, 9.17) is 0 Å². The Balaban J connectivity index is 2.02. The summed E-state index contributed by atoms with van der Waals surface area (Å²) in [5, 5.41) is 7.78. The van der Waals surface area contributed by atoms with Gasteiger partial charge in [-0.15, -0.1) is 0 Å². The van der Waals surface area contributed by atoms with E-state index < -0.39 is 0 Å². The molecule has 84 valence electrons. The number of rotatable bonds is 4. The predicted molar refractivity (Wildman–Crippen MR) is 66.4 cm³/mol. The largest absolute Gasteiger partial charge is 0.366 e. The Bertz CT molecular complexity index is 445. The molecule has 0 amide bonds. The van der Waals surface area contributed by atoms with Gasteiger partial charge in [-0.05, 0) is 12.0 Å². The maximum absolute atomic E-state index is 4.40. The number of nitrogens with one attached hydrogen (secondary N) is 1. The van der Waals surface area contributed by atoms with Crippen LogP contribution < -0.4 is 5.32 Å². The topological polar surface area (TPSA) is 29.9 Å². The minimum atomic E-state index is 0.837. The second kappa shape index (κ2) is 4.84. The second-order valence-electron chi connectivity index (χ2n) is 3.84. The molecule has 1 N–H and O–H groups in total. The smallest absolute Gasteiger partial charge is 0.124 e. The highest BCUT2D eigenvalue weighted by atomic mass is 15.3. The molecular formula is C13H17N3. The normalized spacial score (nSPS) is 10.4. The number of benzene rings is 1. The fourth-order valence-corrected chi connectivity index (χ4v) is 1.65. The summed E-state index contributed by atoms with van der Waals surface area (Å²) in [6.07, 6.45) is 0.973. The van der Waals surface area contributed by atoms with Gasteiger partial charge >= 0.3 is 0 Å². The summed E-state index contributed by atoms with van der Waals surface area (Å²) in [6.45, 7) is 2.95. The Kier molecular flexibility index (Phi) is 3.25. The molecule has 0 spiro atoms. The molecule has 2 aromatic rings. The summed E-state index contributed by atoms with van der Waals surface area (Å²) in [4.78, 5) is 0. The number of hydrogen-bond acceptors (Lipinski definition) is 2. The number of anilines is 1. The van der Waals surface area contributed by atoms with Gasteiger partial charge < -0.3 is 5.32 Å². The van der Waals surface area contributed by atoms with E-state index in [1.54, 1.807) is 0 Å². The van der Waals surface area contributed by atoms with Gasteiger partial charge in [0.05, 0.1) is 5.69 Å². The van der Waals surface area contributed by atoms with Crippen molar-refractivity contribution in [1.29, 1.82) is 0 Å². The van der Waals surface area contributed by atoms with Gasteiger partial charge in [0.1, 0.15) is 5.82 Å². The van der Waals surface area contributed by atoms with Crippen LogP contribution in [0, 0.1) is 0 Å². The van der Waals surface area contributed by atoms with E-state index in [1.807, 2.05) is 17.8 Å². The molecular weight excluding hydrogens is 198 g/mol. The van der Waals surface area contributed by atoms with Crippen LogP contribution in [-0.4, -0.2) is 9.78 Å². The van der Waals surface area contributed by atoms with Crippen molar-refractivity contribution in [3.63, 3.8) is 0 Å². The molecule has 0 saturated carbocycles. The van der Waals surface area contributed by atoms with Crippen LogP contribution in [0.4, 0.5) is 5.82 Å². The first-order chi connectivity index (χ1) is 7.79. The van der Waals surface area contributed by atoms with Gasteiger partial charge in [-0.1, -0.05) is 37.3 Å². The Labute approximate surface area is 96.1 Å². The van der Waals surface area contributed by atoms with Gasteiger partial charge in [0, 0.05) is 19.7 Å². The zero-order valence-corrected chi connectivity index (χ0v) is 9.77. The first-order valence-corrected chi connectivity index (χ1v) is 5.60.